The van der Waals surface area contributed by atoms with Gasteiger partial charge in [-0.1, -0.05) is 6.92 Å². The van der Waals surface area contributed by atoms with Crippen molar-refractivity contribution in [2.75, 3.05) is 38.0 Å². The summed E-state index contributed by atoms with van der Waals surface area (Å²) >= 11 is 0. The van der Waals surface area contributed by atoms with Crippen LogP contribution in [0.1, 0.15) is 23.7 Å². The Morgan fingerprint density at radius 3 is 2.64 bits per heavy atom. The van der Waals surface area contributed by atoms with Gasteiger partial charge in [0.1, 0.15) is 23.9 Å². The van der Waals surface area contributed by atoms with Crippen molar-refractivity contribution in [2.24, 2.45) is 0 Å². The lowest BCUT2D eigenvalue weighted by molar-refractivity contribution is 0.146. The van der Waals surface area contributed by atoms with E-state index >= 15 is 0 Å². The van der Waals surface area contributed by atoms with Crippen molar-refractivity contribution in [1.29, 1.82) is 5.41 Å². The molecule has 2 rings (SSSR count). The van der Waals surface area contributed by atoms with E-state index in [0.29, 0.717) is 24.7 Å². The monoisotopic (exact) mass is 342 g/mol. The van der Waals surface area contributed by atoms with Crippen LogP contribution < -0.4 is 15.4 Å². The Morgan fingerprint density at radius 2 is 2.00 bits per heavy atom. The predicted octanol–water partition coefficient (Wildman–Crippen LogP) is 3.76. The van der Waals surface area contributed by atoms with E-state index in [0.717, 1.165) is 23.5 Å². The third-order valence-corrected chi connectivity index (χ3v) is 3.96. The van der Waals surface area contributed by atoms with Crippen molar-refractivity contribution in [2.45, 2.75) is 20.3 Å². The lowest BCUT2D eigenvalue weighted by Gasteiger charge is -2.16. The number of hydrogen-bond donors (Lipinski definition) is 3. The number of pyridine rings is 1. The summed E-state index contributed by atoms with van der Waals surface area (Å²) in [6.45, 7) is 5.23. The second-order valence-electron chi connectivity index (χ2n) is 5.62. The van der Waals surface area contributed by atoms with Crippen LogP contribution in [-0.2, 0) is 11.2 Å². The maximum atomic E-state index is 7.51. The molecule has 2 aromatic rings. The average molecular weight is 342 g/mol. The first kappa shape index (κ1) is 18.7. The van der Waals surface area contributed by atoms with E-state index in [2.05, 4.69) is 41.6 Å². The van der Waals surface area contributed by atoms with Gasteiger partial charge in [-0.25, -0.2) is 4.98 Å². The molecule has 1 aromatic heterocycles. The molecule has 0 unspecified atom stereocenters. The normalized spacial score (nSPS) is 10.4. The van der Waals surface area contributed by atoms with Crippen molar-refractivity contribution < 1.29 is 9.47 Å². The van der Waals surface area contributed by atoms with Gasteiger partial charge in [0.15, 0.2) is 0 Å². The molecule has 6 heteroatoms. The second kappa shape index (κ2) is 9.03. The number of nitrogens with one attached hydrogen (secondary N) is 3. The Labute approximate surface area is 149 Å². The fraction of sp³-hybridized carbons (Fsp3) is 0.368. The van der Waals surface area contributed by atoms with Crippen LogP contribution in [0.2, 0.25) is 0 Å². The van der Waals surface area contributed by atoms with Gasteiger partial charge >= 0.3 is 0 Å². The molecule has 0 spiro atoms. The molecule has 6 nitrogen and oxygen atoms in total. The number of anilines is 3. The van der Waals surface area contributed by atoms with E-state index in [9.17, 15) is 0 Å². The molecule has 0 saturated heterocycles. The maximum absolute atomic E-state index is 7.51. The summed E-state index contributed by atoms with van der Waals surface area (Å²) in [7, 11) is 3.47. The van der Waals surface area contributed by atoms with Crippen molar-refractivity contribution in [3.05, 3.63) is 41.1 Å². The number of ether oxygens (including phenoxy) is 2. The Kier molecular flexibility index (Phi) is 6.77. The van der Waals surface area contributed by atoms with Crippen LogP contribution in [0.3, 0.4) is 0 Å². The number of hydrogen-bond acceptors (Lipinski definition) is 6. The minimum absolute atomic E-state index is 0.481. The minimum atomic E-state index is 0.481. The lowest BCUT2D eigenvalue weighted by atomic mass is 10.0. The molecule has 25 heavy (non-hydrogen) atoms. The first-order valence-electron chi connectivity index (χ1n) is 8.34. The standard InChI is InChI=1S/C19H26N4O2/c1-5-14-11-18(25-9-8-24-4)16(10-13(14)2)22-19-7-6-15(21-3)17(12-20)23-19/h6-7,10-12,20-21H,5,8-9H2,1-4H3,(H,22,23). The molecule has 0 aliphatic rings. The number of aromatic nitrogens is 1. The van der Waals surface area contributed by atoms with Gasteiger partial charge < -0.3 is 25.5 Å². The Morgan fingerprint density at radius 1 is 1.20 bits per heavy atom. The molecule has 0 atom stereocenters. The highest BCUT2D eigenvalue weighted by atomic mass is 16.5. The fourth-order valence-electron chi connectivity index (χ4n) is 2.57. The molecule has 0 aliphatic carbocycles. The zero-order chi connectivity index (χ0) is 18.2. The zero-order valence-electron chi connectivity index (χ0n) is 15.3. The Balaban J connectivity index is 2.33. The van der Waals surface area contributed by atoms with Crippen molar-refractivity contribution in [3.63, 3.8) is 0 Å². The number of rotatable bonds is 9. The van der Waals surface area contributed by atoms with Crippen molar-refractivity contribution >= 4 is 23.4 Å². The van der Waals surface area contributed by atoms with Crippen LogP contribution in [-0.4, -0.2) is 38.6 Å². The zero-order valence-corrected chi connectivity index (χ0v) is 15.3. The first-order valence-corrected chi connectivity index (χ1v) is 8.34. The highest BCUT2D eigenvalue weighted by Crippen LogP contribution is 2.31. The van der Waals surface area contributed by atoms with Gasteiger partial charge in [0.05, 0.1) is 18.0 Å². The topological polar surface area (TPSA) is 79.3 Å². The Hall–Kier alpha value is -2.60. The van der Waals surface area contributed by atoms with Crippen LogP contribution in [0.25, 0.3) is 0 Å². The van der Waals surface area contributed by atoms with Crippen molar-refractivity contribution in [1.82, 2.24) is 4.98 Å². The molecular formula is C19H26N4O2. The Bertz CT molecular complexity index is 732. The molecule has 0 fully saturated rings. The molecule has 3 N–H and O–H groups in total. The summed E-state index contributed by atoms with van der Waals surface area (Å²) in [5.74, 6) is 1.44. The quantitative estimate of drug-likeness (QED) is 0.478. The summed E-state index contributed by atoms with van der Waals surface area (Å²) in [6, 6.07) is 7.90. The fourth-order valence-corrected chi connectivity index (χ4v) is 2.57. The third-order valence-electron chi connectivity index (χ3n) is 3.96. The van der Waals surface area contributed by atoms with Crippen LogP contribution in [0.15, 0.2) is 24.3 Å². The maximum Gasteiger partial charge on any atom is 0.143 e. The summed E-state index contributed by atoms with van der Waals surface area (Å²) in [4.78, 5) is 4.47. The summed E-state index contributed by atoms with van der Waals surface area (Å²) in [5.41, 5.74) is 4.69. The van der Waals surface area contributed by atoms with Crippen LogP contribution in [0.4, 0.5) is 17.2 Å². The van der Waals surface area contributed by atoms with Gasteiger partial charge in [0, 0.05) is 20.4 Å². The van der Waals surface area contributed by atoms with Crippen molar-refractivity contribution in [3.8, 4) is 5.75 Å². The molecule has 0 radical (unpaired) electrons. The number of benzene rings is 1. The van der Waals surface area contributed by atoms with Gasteiger partial charge in [-0.15, -0.1) is 0 Å². The predicted molar refractivity (Wildman–Crippen MR) is 103 cm³/mol. The highest BCUT2D eigenvalue weighted by Gasteiger charge is 2.10. The third kappa shape index (κ3) is 4.70. The minimum Gasteiger partial charge on any atom is -0.489 e. The van der Waals surface area contributed by atoms with E-state index in [1.54, 1.807) is 7.11 Å². The van der Waals surface area contributed by atoms with E-state index in [4.69, 9.17) is 14.9 Å². The van der Waals surface area contributed by atoms with Crippen LogP contribution in [0, 0.1) is 12.3 Å². The smallest absolute Gasteiger partial charge is 0.143 e. The van der Waals surface area contributed by atoms with Crippen LogP contribution in [0.5, 0.6) is 5.75 Å². The largest absolute Gasteiger partial charge is 0.489 e. The molecule has 0 amide bonds. The molecule has 0 bridgehead atoms. The molecule has 134 valence electrons. The lowest BCUT2D eigenvalue weighted by Crippen LogP contribution is -2.08. The number of aryl methyl sites for hydroxylation is 2. The number of methoxy groups -OCH3 is 1. The molecule has 0 saturated carbocycles. The summed E-state index contributed by atoms with van der Waals surface area (Å²) < 4.78 is 10.9. The summed E-state index contributed by atoms with van der Waals surface area (Å²) in [6.07, 6.45) is 2.18. The van der Waals surface area contributed by atoms with E-state index in [-0.39, 0.29) is 0 Å². The van der Waals surface area contributed by atoms with Crippen LogP contribution >= 0.6 is 0 Å². The van der Waals surface area contributed by atoms with Gasteiger partial charge in [0.25, 0.3) is 0 Å². The molecule has 1 aromatic carbocycles. The van der Waals surface area contributed by atoms with E-state index in [1.807, 2.05) is 19.2 Å². The number of nitrogens with zero attached hydrogens (tertiary/aromatic N) is 1. The first-order chi connectivity index (χ1) is 12.1. The van der Waals surface area contributed by atoms with Gasteiger partial charge in [-0.3, -0.25) is 0 Å². The SMILES string of the molecule is CCc1cc(OCCOC)c(Nc2ccc(NC)c(C=N)n2)cc1C. The highest BCUT2D eigenvalue weighted by molar-refractivity contribution is 5.84. The van der Waals surface area contributed by atoms with Gasteiger partial charge in [-0.05, 0) is 48.7 Å². The molecule has 0 aliphatic heterocycles. The van der Waals surface area contributed by atoms with E-state index in [1.165, 1.54) is 17.3 Å². The molecule has 1 heterocycles. The summed E-state index contributed by atoms with van der Waals surface area (Å²) in [5, 5.41) is 13.8. The average Bonchev–Trinajstić information content (AvgIpc) is 2.63. The molecular weight excluding hydrogens is 316 g/mol. The second-order valence-corrected chi connectivity index (χ2v) is 5.62. The van der Waals surface area contributed by atoms with Gasteiger partial charge in [-0.2, -0.15) is 0 Å². The van der Waals surface area contributed by atoms with E-state index < -0.39 is 0 Å². The van der Waals surface area contributed by atoms with Gasteiger partial charge in [0.2, 0.25) is 0 Å².